The van der Waals surface area contributed by atoms with Crippen LogP contribution in [-0.4, -0.2) is 19.5 Å². The Morgan fingerprint density at radius 3 is 2.69 bits per heavy atom. The van der Waals surface area contributed by atoms with E-state index in [4.69, 9.17) is 4.74 Å². The summed E-state index contributed by atoms with van der Waals surface area (Å²) in [5.74, 6) is 0. The second-order valence-electron chi connectivity index (χ2n) is 3.99. The summed E-state index contributed by atoms with van der Waals surface area (Å²) in [6.45, 7) is 1.20. The van der Waals surface area contributed by atoms with Crippen LogP contribution in [-0.2, 0) is 14.9 Å². The van der Waals surface area contributed by atoms with E-state index in [-0.39, 0.29) is 0 Å². The summed E-state index contributed by atoms with van der Waals surface area (Å²) in [6.07, 6.45) is 3.23. The van der Waals surface area contributed by atoms with Gasteiger partial charge in [-0.1, -0.05) is 18.2 Å². The quantitative estimate of drug-likeness (QED) is 0.753. The van der Waals surface area contributed by atoms with Gasteiger partial charge in [0.25, 0.3) is 0 Å². The standard InChI is InChI=1S/C13H12NO2/c14-10-13(4-6-16-7-5-13)12-3-1-2-11(8-12)9-15/h1-3,8H,4-7H2. The summed E-state index contributed by atoms with van der Waals surface area (Å²) in [5.41, 5.74) is 0.906. The summed E-state index contributed by atoms with van der Waals surface area (Å²) in [5, 5.41) is 9.35. The first-order chi connectivity index (χ1) is 7.80. The van der Waals surface area contributed by atoms with Crippen LogP contribution in [0.1, 0.15) is 24.0 Å². The van der Waals surface area contributed by atoms with E-state index in [2.05, 4.69) is 6.07 Å². The van der Waals surface area contributed by atoms with E-state index in [1.165, 1.54) is 0 Å². The van der Waals surface area contributed by atoms with E-state index in [9.17, 15) is 10.1 Å². The number of hydrogen-bond acceptors (Lipinski definition) is 3. The lowest BCUT2D eigenvalue weighted by molar-refractivity contribution is 0.0675. The molecule has 3 heteroatoms. The fraction of sp³-hybridized carbons (Fsp3) is 0.385. The van der Waals surface area contributed by atoms with Gasteiger partial charge in [0, 0.05) is 18.8 Å². The monoisotopic (exact) mass is 214 g/mol. The molecule has 0 atom stereocenters. The van der Waals surface area contributed by atoms with Crippen molar-refractivity contribution in [3.8, 4) is 6.07 Å². The van der Waals surface area contributed by atoms with Gasteiger partial charge in [-0.3, -0.25) is 4.79 Å². The minimum absolute atomic E-state index is 0.495. The number of rotatable bonds is 2. The largest absolute Gasteiger partial charge is 0.381 e. The molecule has 3 nitrogen and oxygen atoms in total. The van der Waals surface area contributed by atoms with Crippen molar-refractivity contribution in [3.63, 3.8) is 0 Å². The van der Waals surface area contributed by atoms with Gasteiger partial charge in [0.1, 0.15) is 0 Å². The maximum Gasteiger partial charge on any atom is 0.233 e. The summed E-state index contributed by atoms with van der Waals surface area (Å²) in [6, 6.07) is 9.52. The maximum atomic E-state index is 10.6. The van der Waals surface area contributed by atoms with Gasteiger partial charge < -0.3 is 4.74 Å². The van der Waals surface area contributed by atoms with Crippen molar-refractivity contribution < 1.29 is 9.53 Å². The highest BCUT2D eigenvalue weighted by Gasteiger charge is 2.34. The summed E-state index contributed by atoms with van der Waals surface area (Å²) < 4.78 is 5.28. The molecule has 1 saturated heterocycles. The third-order valence-electron chi connectivity index (χ3n) is 3.09. The van der Waals surface area contributed by atoms with E-state index in [1.807, 2.05) is 12.4 Å². The molecule has 0 aromatic heterocycles. The Morgan fingerprint density at radius 1 is 1.31 bits per heavy atom. The maximum absolute atomic E-state index is 10.6. The second-order valence-corrected chi connectivity index (χ2v) is 3.99. The number of hydrogen-bond donors (Lipinski definition) is 0. The first kappa shape index (κ1) is 10.8. The molecule has 1 aliphatic rings. The molecule has 0 unspecified atom stereocenters. The smallest absolute Gasteiger partial charge is 0.233 e. The zero-order valence-electron chi connectivity index (χ0n) is 8.90. The van der Waals surface area contributed by atoms with Gasteiger partial charge in [-0.15, -0.1) is 0 Å². The second kappa shape index (κ2) is 4.46. The fourth-order valence-electron chi connectivity index (χ4n) is 2.07. The van der Waals surface area contributed by atoms with Gasteiger partial charge in [-0.2, -0.15) is 5.26 Å². The normalized spacial score (nSPS) is 18.7. The van der Waals surface area contributed by atoms with Gasteiger partial charge in [-0.05, 0) is 24.5 Å². The van der Waals surface area contributed by atoms with Crippen molar-refractivity contribution in [1.82, 2.24) is 0 Å². The Labute approximate surface area is 94.6 Å². The van der Waals surface area contributed by atoms with Crippen LogP contribution in [0.5, 0.6) is 0 Å². The summed E-state index contributed by atoms with van der Waals surface area (Å²) in [7, 11) is 0. The molecule has 0 amide bonds. The SMILES string of the molecule is N#CC1(c2cccc([C]=O)c2)CCOCC1. The molecule has 16 heavy (non-hydrogen) atoms. The molecule has 81 valence electrons. The Balaban J connectivity index is 2.39. The molecular formula is C13H12NO2. The number of nitriles is 1. The minimum Gasteiger partial charge on any atom is -0.381 e. The number of benzene rings is 1. The van der Waals surface area contributed by atoms with E-state index < -0.39 is 5.41 Å². The molecule has 2 rings (SSSR count). The highest BCUT2D eigenvalue weighted by molar-refractivity contribution is 5.75. The van der Waals surface area contributed by atoms with Crippen molar-refractivity contribution in [2.24, 2.45) is 0 Å². The van der Waals surface area contributed by atoms with E-state index in [1.54, 1.807) is 18.2 Å². The lowest BCUT2D eigenvalue weighted by Crippen LogP contribution is -2.32. The van der Waals surface area contributed by atoms with E-state index in [0.29, 0.717) is 31.6 Å². The Bertz CT molecular complexity index is 428. The fourth-order valence-corrected chi connectivity index (χ4v) is 2.07. The molecule has 0 aliphatic carbocycles. The van der Waals surface area contributed by atoms with Crippen molar-refractivity contribution in [2.75, 3.05) is 13.2 Å². The molecule has 0 spiro atoms. The lowest BCUT2D eigenvalue weighted by atomic mass is 9.75. The predicted molar refractivity (Wildman–Crippen MR) is 58.6 cm³/mol. The highest BCUT2D eigenvalue weighted by atomic mass is 16.5. The Hall–Kier alpha value is -1.66. The average Bonchev–Trinajstić information content (AvgIpc) is 2.39. The number of carbonyl (C=O) groups excluding carboxylic acids is 1. The molecule has 0 N–H and O–H groups in total. The molecule has 1 aliphatic heterocycles. The van der Waals surface area contributed by atoms with Gasteiger partial charge in [0.15, 0.2) is 0 Å². The van der Waals surface area contributed by atoms with Crippen LogP contribution in [0.15, 0.2) is 24.3 Å². The number of nitrogens with zero attached hydrogens (tertiary/aromatic N) is 1. The lowest BCUT2D eigenvalue weighted by Gasteiger charge is -2.31. The molecular weight excluding hydrogens is 202 g/mol. The van der Waals surface area contributed by atoms with Crippen LogP contribution < -0.4 is 0 Å². The molecule has 1 aromatic rings. The zero-order valence-corrected chi connectivity index (χ0v) is 8.90. The summed E-state index contributed by atoms with van der Waals surface area (Å²) in [4.78, 5) is 10.6. The van der Waals surface area contributed by atoms with Crippen LogP contribution in [0.4, 0.5) is 0 Å². The molecule has 1 fully saturated rings. The molecule has 0 bridgehead atoms. The predicted octanol–water partition coefficient (Wildman–Crippen LogP) is 1.72. The third-order valence-corrected chi connectivity index (χ3v) is 3.09. The van der Waals surface area contributed by atoms with Crippen molar-refractivity contribution in [1.29, 1.82) is 5.26 Å². The minimum atomic E-state index is -0.495. The van der Waals surface area contributed by atoms with E-state index in [0.717, 1.165) is 5.56 Å². The summed E-state index contributed by atoms with van der Waals surface area (Å²) >= 11 is 0. The van der Waals surface area contributed by atoms with Gasteiger partial charge in [0.05, 0.1) is 11.5 Å². The first-order valence-corrected chi connectivity index (χ1v) is 5.28. The topological polar surface area (TPSA) is 50.1 Å². The molecule has 1 heterocycles. The van der Waals surface area contributed by atoms with Crippen LogP contribution in [0.25, 0.3) is 0 Å². The van der Waals surface area contributed by atoms with Gasteiger partial charge in [-0.25, -0.2) is 0 Å². The molecule has 1 aromatic carbocycles. The average molecular weight is 214 g/mol. The highest BCUT2D eigenvalue weighted by Crippen LogP contribution is 2.34. The first-order valence-electron chi connectivity index (χ1n) is 5.28. The molecule has 0 saturated carbocycles. The third kappa shape index (κ3) is 1.84. The van der Waals surface area contributed by atoms with Gasteiger partial charge in [0.2, 0.25) is 6.29 Å². The van der Waals surface area contributed by atoms with Crippen LogP contribution in [0.2, 0.25) is 0 Å². The number of ether oxygens (including phenoxy) is 1. The van der Waals surface area contributed by atoms with Crippen molar-refractivity contribution >= 4 is 6.29 Å². The van der Waals surface area contributed by atoms with Crippen LogP contribution in [0.3, 0.4) is 0 Å². The van der Waals surface area contributed by atoms with Gasteiger partial charge >= 0.3 is 0 Å². The Kier molecular flexibility index (Phi) is 3.02. The molecule has 1 radical (unpaired) electrons. The zero-order chi connectivity index (χ0) is 11.4. The van der Waals surface area contributed by atoms with Crippen molar-refractivity contribution in [3.05, 3.63) is 35.4 Å². The van der Waals surface area contributed by atoms with E-state index >= 15 is 0 Å². The van der Waals surface area contributed by atoms with Crippen LogP contribution in [0, 0.1) is 11.3 Å². The van der Waals surface area contributed by atoms with Crippen LogP contribution >= 0.6 is 0 Å². The van der Waals surface area contributed by atoms with Crippen molar-refractivity contribution in [2.45, 2.75) is 18.3 Å². The Morgan fingerprint density at radius 2 is 2.06 bits per heavy atom.